The molecule has 2 fully saturated rings. The first-order chi connectivity index (χ1) is 8.11. The summed E-state index contributed by atoms with van der Waals surface area (Å²) in [7, 11) is 3.58. The zero-order chi connectivity index (χ0) is 12.4. The van der Waals surface area contributed by atoms with E-state index in [-0.39, 0.29) is 11.8 Å². The molecule has 3 atom stereocenters. The highest BCUT2D eigenvalue weighted by molar-refractivity contribution is 8.77. The van der Waals surface area contributed by atoms with E-state index in [9.17, 15) is 9.59 Å². The topological polar surface area (TPSA) is 57.6 Å². The Bertz CT molecular complexity index is 318. The van der Waals surface area contributed by atoms with E-state index in [2.05, 4.69) is 0 Å². The van der Waals surface area contributed by atoms with Gasteiger partial charge in [-0.05, 0) is 19.3 Å². The van der Waals surface area contributed by atoms with Crippen molar-refractivity contribution in [3.05, 3.63) is 0 Å². The van der Waals surface area contributed by atoms with Crippen LogP contribution in [0.15, 0.2) is 0 Å². The van der Waals surface area contributed by atoms with Crippen LogP contribution in [-0.2, 0) is 9.59 Å². The Labute approximate surface area is 109 Å². The Hall–Kier alpha value is -0.360. The third-order valence-corrected chi connectivity index (χ3v) is 6.52. The van der Waals surface area contributed by atoms with E-state index < -0.39 is 12.0 Å². The normalized spacial score (nSPS) is 30.5. The summed E-state index contributed by atoms with van der Waals surface area (Å²) in [4.78, 5) is 24.9. The van der Waals surface area contributed by atoms with Gasteiger partial charge in [-0.1, -0.05) is 28.5 Å². The lowest BCUT2D eigenvalue weighted by atomic mass is 10.0. The maximum absolute atomic E-state index is 12.3. The summed E-state index contributed by atoms with van der Waals surface area (Å²) < 4.78 is 0. The third kappa shape index (κ3) is 2.73. The molecule has 0 saturated carbocycles. The molecule has 4 nitrogen and oxygen atoms in total. The summed E-state index contributed by atoms with van der Waals surface area (Å²) in [5.41, 5.74) is 0. The van der Waals surface area contributed by atoms with Crippen molar-refractivity contribution in [3.8, 4) is 0 Å². The van der Waals surface area contributed by atoms with Crippen LogP contribution in [0.25, 0.3) is 0 Å². The Morgan fingerprint density at radius 3 is 2.76 bits per heavy atom. The second-order valence-corrected chi connectivity index (χ2v) is 7.29. The van der Waals surface area contributed by atoms with Gasteiger partial charge < -0.3 is 10.0 Å². The number of carbonyl (C=O) groups is 2. The van der Waals surface area contributed by atoms with E-state index in [1.54, 1.807) is 15.7 Å². The number of carbonyl (C=O) groups excluding carboxylic acids is 1. The Morgan fingerprint density at radius 2 is 2.18 bits per heavy atom. The van der Waals surface area contributed by atoms with Gasteiger partial charge in [0.2, 0.25) is 5.91 Å². The molecule has 0 radical (unpaired) electrons. The number of amides is 1. The van der Waals surface area contributed by atoms with E-state index in [1.807, 2.05) is 17.7 Å². The minimum atomic E-state index is -0.864. The molecule has 2 heterocycles. The van der Waals surface area contributed by atoms with Gasteiger partial charge >= 0.3 is 5.97 Å². The molecule has 0 aromatic rings. The molecule has 0 bridgehead atoms. The monoisotopic (exact) mass is 275 g/mol. The van der Waals surface area contributed by atoms with Gasteiger partial charge in [0.05, 0.1) is 0 Å². The second-order valence-electron chi connectivity index (χ2n) is 4.56. The quantitative estimate of drug-likeness (QED) is 0.797. The zero-order valence-electron chi connectivity index (χ0n) is 9.80. The van der Waals surface area contributed by atoms with Gasteiger partial charge in [0, 0.05) is 23.5 Å². The van der Waals surface area contributed by atoms with E-state index in [0.29, 0.717) is 18.2 Å². The predicted octanol–water partition coefficient (Wildman–Crippen LogP) is 1.85. The van der Waals surface area contributed by atoms with Crippen molar-refractivity contribution in [2.24, 2.45) is 5.92 Å². The first-order valence-electron chi connectivity index (χ1n) is 5.93. The molecule has 2 rings (SSSR count). The number of rotatable bonds is 3. The number of likely N-dealkylation sites (tertiary alicyclic amines) is 1. The molecule has 3 unspecified atom stereocenters. The molecule has 1 N–H and O–H groups in total. The van der Waals surface area contributed by atoms with Crippen LogP contribution in [0.2, 0.25) is 0 Å². The van der Waals surface area contributed by atoms with Crippen molar-refractivity contribution in [2.75, 3.05) is 12.3 Å². The molecule has 2 aliphatic heterocycles. The lowest BCUT2D eigenvalue weighted by molar-refractivity contribution is -0.149. The zero-order valence-corrected chi connectivity index (χ0v) is 11.4. The van der Waals surface area contributed by atoms with Crippen molar-refractivity contribution in [3.63, 3.8) is 0 Å². The van der Waals surface area contributed by atoms with Crippen molar-refractivity contribution in [1.29, 1.82) is 0 Å². The lowest BCUT2D eigenvalue weighted by Crippen LogP contribution is -2.44. The van der Waals surface area contributed by atoms with Gasteiger partial charge in [0.15, 0.2) is 0 Å². The highest BCUT2D eigenvalue weighted by Crippen LogP contribution is 2.42. The van der Waals surface area contributed by atoms with Gasteiger partial charge in [-0.2, -0.15) is 0 Å². The highest BCUT2D eigenvalue weighted by Gasteiger charge is 2.38. The molecule has 6 heteroatoms. The maximum Gasteiger partial charge on any atom is 0.326 e. The number of hydrogen-bond donors (Lipinski definition) is 1. The summed E-state index contributed by atoms with van der Waals surface area (Å²) in [5, 5.41) is 9.43. The SMILES string of the molecule is CC(C(=O)N1CCCC1C(=O)O)C1CCSS1. The third-order valence-electron chi connectivity index (χ3n) is 3.45. The number of carboxylic acid groups (broad SMARTS) is 1. The van der Waals surface area contributed by atoms with Crippen LogP contribution in [0.4, 0.5) is 0 Å². The van der Waals surface area contributed by atoms with Gasteiger partial charge in [0.25, 0.3) is 0 Å². The van der Waals surface area contributed by atoms with Gasteiger partial charge in [0.1, 0.15) is 6.04 Å². The van der Waals surface area contributed by atoms with Crippen molar-refractivity contribution in [2.45, 2.75) is 37.5 Å². The van der Waals surface area contributed by atoms with Crippen LogP contribution in [0.5, 0.6) is 0 Å². The standard InChI is InChI=1S/C11H17NO3S2/c1-7(9-4-6-16-17-9)10(13)12-5-2-3-8(12)11(14)15/h7-9H,2-6H2,1H3,(H,14,15). The first-order valence-corrected chi connectivity index (χ1v) is 8.31. The van der Waals surface area contributed by atoms with E-state index in [0.717, 1.165) is 18.6 Å². The van der Waals surface area contributed by atoms with Gasteiger partial charge in [-0.15, -0.1) is 0 Å². The predicted molar refractivity (Wildman–Crippen MR) is 70.0 cm³/mol. The fraction of sp³-hybridized carbons (Fsp3) is 0.818. The number of hydrogen-bond acceptors (Lipinski definition) is 4. The molecule has 96 valence electrons. The van der Waals surface area contributed by atoms with Crippen LogP contribution in [0.1, 0.15) is 26.2 Å². The van der Waals surface area contributed by atoms with E-state index in [4.69, 9.17) is 5.11 Å². The van der Waals surface area contributed by atoms with E-state index >= 15 is 0 Å². The molecule has 0 aromatic carbocycles. The molecule has 2 aliphatic rings. The Balaban J connectivity index is 2.00. The Kier molecular flexibility index (Phi) is 4.25. The highest BCUT2D eigenvalue weighted by atomic mass is 33.1. The maximum atomic E-state index is 12.3. The van der Waals surface area contributed by atoms with Crippen LogP contribution >= 0.6 is 21.6 Å². The fourth-order valence-corrected chi connectivity index (χ4v) is 5.55. The molecular formula is C11H17NO3S2. The minimum absolute atomic E-state index is 0.0231. The smallest absolute Gasteiger partial charge is 0.326 e. The summed E-state index contributed by atoms with van der Waals surface area (Å²) >= 11 is 0. The van der Waals surface area contributed by atoms with Crippen LogP contribution in [-0.4, -0.2) is 45.5 Å². The fourth-order valence-electron chi connectivity index (χ4n) is 2.39. The number of nitrogens with zero attached hydrogens (tertiary/aromatic N) is 1. The van der Waals surface area contributed by atoms with Gasteiger partial charge in [-0.25, -0.2) is 4.79 Å². The lowest BCUT2D eigenvalue weighted by Gasteiger charge is -2.27. The molecular weight excluding hydrogens is 258 g/mol. The Morgan fingerprint density at radius 1 is 1.41 bits per heavy atom. The summed E-state index contributed by atoms with van der Waals surface area (Å²) in [5.74, 6) is 0.191. The van der Waals surface area contributed by atoms with Crippen molar-refractivity contribution >= 4 is 33.5 Å². The number of aliphatic carboxylic acids is 1. The molecule has 0 aromatic heterocycles. The molecule has 0 spiro atoms. The second kappa shape index (κ2) is 5.52. The van der Waals surface area contributed by atoms with Crippen molar-refractivity contribution < 1.29 is 14.7 Å². The molecule has 17 heavy (non-hydrogen) atoms. The first kappa shape index (κ1) is 13.1. The average molecular weight is 275 g/mol. The van der Waals surface area contributed by atoms with Crippen LogP contribution in [0.3, 0.4) is 0 Å². The largest absolute Gasteiger partial charge is 0.480 e. The van der Waals surface area contributed by atoms with Crippen LogP contribution < -0.4 is 0 Å². The summed E-state index contributed by atoms with van der Waals surface area (Å²) in [6, 6.07) is -0.594. The summed E-state index contributed by atoms with van der Waals surface area (Å²) in [6.07, 6.45) is 2.45. The molecule has 0 aliphatic carbocycles. The van der Waals surface area contributed by atoms with E-state index in [1.165, 1.54) is 0 Å². The van der Waals surface area contributed by atoms with Crippen LogP contribution in [0, 0.1) is 5.92 Å². The average Bonchev–Trinajstić information content (AvgIpc) is 2.97. The van der Waals surface area contributed by atoms with Gasteiger partial charge in [-0.3, -0.25) is 4.79 Å². The molecule has 1 amide bonds. The van der Waals surface area contributed by atoms with Crippen molar-refractivity contribution in [1.82, 2.24) is 4.90 Å². The minimum Gasteiger partial charge on any atom is -0.480 e. The number of carboxylic acids is 1. The molecule has 2 saturated heterocycles. The summed E-state index contributed by atoms with van der Waals surface area (Å²) in [6.45, 7) is 2.54.